The zero-order chi connectivity index (χ0) is 58.5. The van der Waals surface area contributed by atoms with E-state index in [4.69, 9.17) is 5.73 Å². The molecule has 0 bridgehead atoms. The van der Waals surface area contributed by atoms with E-state index in [2.05, 4.69) is 43.4 Å². The summed E-state index contributed by atoms with van der Waals surface area (Å²) in [4.78, 5) is 146. The van der Waals surface area contributed by atoms with Crippen molar-refractivity contribution in [1.29, 1.82) is 0 Å². The molecule has 9 amide bonds. The number of imide groups is 1. The highest BCUT2D eigenvalue weighted by Crippen LogP contribution is 2.59. The summed E-state index contributed by atoms with van der Waals surface area (Å²) >= 11 is 0.669. The number of carbonyl (C=O) groups excluding carboxylic acids is 9. The first-order valence-electron chi connectivity index (χ1n) is 26.8. The van der Waals surface area contributed by atoms with Crippen molar-refractivity contribution in [3.8, 4) is 11.8 Å². The Morgan fingerprint density at radius 1 is 0.878 bits per heavy atom. The number of aryl methyl sites for hydroxylation is 1. The monoisotopic (exact) mass is 1160 g/mol. The van der Waals surface area contributed by atoms with Gasteiger partial charge >= 0.3 is 13.3 Å². The topological polar surface area (TPSA) is 317 Å². The Bertz CT molecular complexity index is 3510. The smallest absolute Gasteiger partial charge is 0.370 e. The van der Waals surface area contributed by atoms with E-state index in [0.29, 0.717) is 52.1 Å². The van der Waals surface area contributed by atoms with Gasteiger partial charge in [-0.15, -0.1) is 11.3 Å². The largest absolute Gasteiger partial charge is 0.399 e. The molecule has 82 heavy (non-hydrogen) atoms. The maximum absolute atomic E-state index is 14.6. The summed E-state index contributed by atoms with van der Waals surface area (Å²) in [5.41, 5.74) is 4.35. The van der Waals surface area contributed by atoms with Gasteiger partial charge in [0.1, 0.15) is 30.2 Å². The van der Waals surface area contributed by atoms with Gasteiger partial charge in [0.2, 0.25) is 41.4 Å². The fourth-order valence-electron chi connectivity index (χ4n) is 10.6. The number of hydrogen-bond acceptors (Lipinski definition) is 12. The Kier molecular flexibility index (Phi) is 17.7. The van der Waals surface area contributed by atoms with Gasteiger partial charge in [-0.1, -0.05) is 91.8 Å². The van der Waals surface area contributed by atoms with Crippen molar-refractivity contribution < 1.29 is 66.3 Å². The number of fused-ring (bicyclic) bond motifs is 2. The number of carbonyl (C=O) groups is 9. The Morgan fingerprint density at radius 2 is 1.62 bits per heavy atom. The van der Waals surface area contributed by atoms with Crippen LogP contribution in [0.2, 0.25) is 0 Å². The Balaban J connectivity index is 0.792. The number of para-hydroxylation sites is 1. The van der Waals surface area contributed by atoms with E-state index in [0.717, 1.165) is 55.0 Å². The number of nitrogens with one attached hydrogen (secondary N) is 5. The number of primary amides is 1. The minimum Gasteiger partial charge on any atom is -0.370 e. The average Bonchev–Trinajstić information content (AvgIpc) is 4.17. The van der Waals surface area contributed by atoms with Crippen molar-refractivity contribution in [2.75, 3.05) is 11.4 Å². The summed E-state index contributed by atoms with van der Waals surface area (Å²) in [6.07, 6.45) is 4.78. The Morgan fingerprint density at radius 3 is 2.38 bits per heavy atom. The molecule has 0 radical (unpaired) electrons. The standard InChI is InChI=1S/C57H58F2N9O12PS/c58-57(59,81(78,79)80)36-21-23-39-44(30-36)82-54(64-39)53(75)63-41-22-20-34-17-11-18-35-29-43(68(48(34)35)56(41)77)51(73)62-40(24-26-45(60)69)49(71)66-47(33-14-8-6-9-15-33)52(74)61-28-10-5-3-1-2-4-7-13-32-16-12-19-37-38(32)31-67(55(37)76)42-25-27-46(70)65-50(42)72/h6,8-9,11-12,14-19,21,23,30,40-43,47H,1-5,10,20,22,24-29,31H2,(H2,60,69)(H,61,74)(H,62,73)(H,63,75)(H,66,71)(H,65,70,72)(H2,78,79,80)/t40-,41-,42?,43-,47-/m0/s1. The van der Waals surface area contributed by atoms with Crippen LogP contribution in [0.3, 0.4) is 0 Å². The third kappa shape index (κ3) is 12.8. The first-order chi connectivity index (χ1) is 39.2. The predicted molar refractivity (Wildman–Crippen MR) is 294 cm³/mol. The number of nitrogens with zero attached hydrogens (tertiary/aromatic N) is 3. The summed E-state index contributed by atoms with van der Waals surface area (Å²) < 4.78 is 40.6. The van der Waals surface area contributed by atoms with E-state index in [1.165, 1.54) is 9.80 Å². The molecule has 5 aromatic rings. The van der Waals surface area contributed by atoms with Crippen molar-refractivity contribution in [1.82, 2.24) is 36.5 Å². The molecular weight excluding hydrogens is 1100 g/mol. The fraction of sp³-hybridized carbons (Fsp3) is 0.368. The highest BCUT2D eigenvalue weighted by Gasteiger charge is 2.51. The number of amides is 9. The van der Waals surface area contributed by atoms with Crippen LogP contribution in [-0.2, 0) is 63.2 Å². The molecule has 1 unspecified atom stereocenters. The zero-order valence-corrected chi connectivity index (χ0v) is 45.8. The molecule has 9 N–H and O–H groups in total. The van der Waals surface area contributed by atoms with Crippen LogP contribution >= 0.6 is 18.9 Å². The number of alkyl halides is 2. The molecule has 21 nitrogen and oxygen atoms in total. The van der Waals surface area contributed by atoms with Gasteiger partial charge in [-0.05, 0) is 85.0 Å². The lowest BCUT2D eigenvalue weighted by Gasteiger charge is -2.29. The highest BCUT2D eigenvalue weighted by molar-refractivity contribution is 7.52. The minimum absolute atomic E-state index is 0.0179. The van der Waals surface area contributed by atoms with Crippen LogP contribution in [0.5, 0.6) is 0 Å². The molecule has 0 aliphatic carbocycles. The van der Waals surface area contributed by atoms with Crippen molar-refractivity contribution in [2.45, 2.75) is 126 Å². The third-order valence-electron chi connectivity index (χ3n) is 14.9. The molecule has 4 aromatic carbocycles. The Hall–Kier alpha value is -8.23. The fourth-order valence-corrected chi connectivity index (χ4v) is 12.0. The summed E-state index contributed by atoms with van der Waals surface area (Å²) in [7, 11) is -5.89. The Labute approximate surface area is 472 Å². The van der Waals surface area contributed by atoms with Gasteiger partial charge < -0.3 is 41.7 Å². The lowest BCUT2D eigenvalue weighted by Crippen LogP contribution is -2.57. The molecule has 9 rings (SSSR count). The van der Waals surface area contributed by atoms with E-state index in [9.17, 15) is 66.3 Å². The maximum Gasteiger partial charge on any atom is 0.399 e. The number of hydrogen-bond donors (Lipinski definition) is 8. The molecule has 4 aliphatic heterocycles. The molecule has 0 saturated carbocycles. The first-order valence-corrected chi connectivity index (χ1v) is 29.2. The molecular formula is C57H58F2N9O12PS. The second-order valence-electron chi connectivity index (χ2n) is 20.5. The number of nitrogens with two attached hydrogens (primary N) is 1. The van der Waals surface area contributed by atoms with Crippen LogP contribution in [0.1, 0.15) is 130 Å². The van der Waals surface area contributed by atoms with Gasteiger partial charge in [0.25, 0.3) is 11.8 Å². The van der Waals surface area contributed by atoms with Gasteiger partial charge in [-0.25, -0.2) is 4.98 Å². The number of aromatic nitrogens is 1. The van der Waals surface area contributed by atoms with Crippen molar-refractivity contribution >= 4 is 88.0 Å². The lowest BCUT2D eigenvalue weighted by atomic mass is 10.0. The molecule has 5 atom stereocenters. The number of thiazole rings is 1. The molecule has 1 aromatic heterocycles. The van der Waals surface area contributed by atoms with Gasteiger partial charge in [0.15, 0.2) is 5.01 Å². The molecule has 4 aliphatic rings. The summed E-state index contributed by atoms with van der Waals surface area (Å²) in [5.74, 6) is 0.923. The number of unbranched alkanes of at least 4 members (excludes halogenated alkanes) is 5. The van der Waals surface area contributed by atoms with Gasteiger partial charge in [-0.2, -0.15) is 8.78 Å². The van der Waals surface area contributed by atoms with Crippen LogP contribution in [0.25, 0.3) is 10.2 Å². The molecule has 1 saturated heterocycles. The molecule has 1 fully saturated rings. The predicted octanol–water partition coefficient (Wildman–Crippen LogP) is 4.40. The van der Waals surface area contributed by atoms with Gasteiger partial charge in [0.05, 0.1) is 15.9 Å². The van der Waals surface area contributed by atoms with E-state index >= 15 is 0 Å². The van der Waals surface area contributed by atoms with Gasteiger partial charge in [0, 0.05) is 55.5 Å². The van der Waals surface area contributed by atoms with Crippen LogP contribution < -0.4 is 37.2 Å². The zero-order valence-electron chi connectivity index (χ0n) is 44.1. The summed E-state index contributed by atoms with van der Waals surface area (Å²) in [6, 6.07) is 16.0. The second-order valence-corrected chi connectivity index (χ2v) is 23.1. The molecule has 25 heteroatoms. The molecule has 428 valence electrons. The summed E-state index contributed by atoms with van der Waals surface area (Å²) in [5, 5.41) is 13.1. The first kappa shape index (κ1) is 58.4. The van der Waals surface area contributed by atoms with Crippen molar-refractivity contribution in [3.05, 3.63) is 129 Å². The molecule has 5 heterocycles. The average molecular weight is 1160 g/mol. The number of halogens is 2. The summed E-state index contributed by atoms with van der Waals surface area (Å²) in [6.45, 7) is 0.522. The number of piperidine rings is 1. The van der Waals surface area contributed by atoms with E-state index in [-0.39, 0.29) is 85.1 Å². The number of benzene rings is 4. The van der Waals surface area contributed by atoms with Crippen molar-refractivity contribution in [3.63, 3.8) is 0 Å². The maximum atomic E-state index is 14.6. The van der Waals surface area contributed by atoms with Crippen molar-refractivity contribution in [2.24, 2.45) is 5.73 Å². The quantitative estimate of drug-likeness (QED) is 0.0219. The minimum atomic E-state index is -5.89. The van der Waals surface area contributed by atoms with E-state index in [1.807, 2.05) is 6.07 Å². The van der Waals surface area contributed by atoms with Crippen LogP contribution in [0, 0.1) is 11.8 Å². The third-order valence-corrected chi connectivity index (χ3v) is 16.9. The highest BCUT2D eigenvalue weighted by atomic mass is 32.1. The van der Waals surface area contributed by atoms with E-state index < -0.39 is 90.4 Å². The lowest BCUT2D eigenvalue weighted by molar-refractivity contribution is -0.137. The second kappa shape index (κ2) is 24.9. The van der Waals surface area contributed by atoms with E-state index in [1.54, 1.807) is 60.7 Å². The number of anilines is 1. The normalized spacial score (nSPS) is 18.3. The van der Waals surface area contributed by atoms with Crippen LogP contribution in [-0.4, -0.2) is 104 Å². The number of rotatable bonds is 21. The SMILES string of the molecule is NC(=O)CC[C@H](NC(=O)[C@@H]1Cc2cccc3c2N1C(=O)[C@@H](NC(=O)c1nc2ccc(C(F)(F)P(=O)(O)O)cc2s1)CC3)C(=O)N[C@H](C(=O)NCCCCCCCC#Cc1cccc2c1CN(C1CCC(=O)NC1=O)C2=O)c1ccccc1. The van der Waals surface area contributed by atoms with Crippen LogP contribution in [0.4, 0.5) is 14.5 Å². The van der Waals surface area contributed by atoms with Crippen LogP contribution in [0.15, 0.2) is 84.9 Å². The van der Waals surface area contributed by atoms with Gasteiger partial charge in [-0.3, -0.25) is 57.9 Å². The molecule has 0 spiro atoms.